The summed E-state index contributed by atoms with van der Waals surface area (Å²) in [7, 11) is 1.71. The van der Waals surface area contributed by atoms with Gasteiger partial charge in [-0.25, -0.2) is 9.67 Å². The molecule has 2 heterocycles. The molecule has 0 atom stereocenters. The highest BCUT2D eigenvalue weighted by molar-refractivity contribution is 6.07. The van der Waals surface area contributed by atoms with E-state index in [9.17, 15) is 4.79 Å². The van der Waals surface area contributed by atoms with Gasteiger partial charge in [-0.1, -0.05) is 24.1 Å². The zero-order chi connectivity index (χ0) is 19.5. The van der Waals surface area contributed by atoms with Crippen LogP contribution in [-0.4, -0.2) is 34.3 Å². The van der Waals surface area contributed by atoms with E-state index < -0.39 is 0 Å². The van der Waals surface area contributed by atoms with E-state index >= 15 is 0 Å². The molecule has 0 aliphatic heterocycles. The van der Waals surface area contributed by atoms with E-state index in [0.29, 0.717) is 23.0 Å². The molecule has 2 aromatic carbocycles. The normalized spacial score (nSPS) is 10.7. The van der Waals surface area contributed by atoms with Gasteiger partial charge in [0.1, 0.15) is 36.4 Å². The fourth-order valence-corrected chi connectivity index (χ4v) is 2.91. The number of fused-ring (bicyclic) bond motifs is 3. The monoisotopic (exact) mass is 375 g/mol. The van der Waals surface area contributed by atoms with Crippen molar-refractivity contribution in [2.45, 2.75) is 6.54 Å². The number of rotatable bonds is 6. The number of para-hydroxylation sites is 1. The van der Waals surface area contributed by atoms with Crippen molar-refractivity contribution in [2.24, 2.45) is 0 Å². The Balaban J connectivity index is 1.66. The van der Waals surface area contributed by atoms with Crippen molar-refractivity contribution >= 4 is 39.5 Å². The van der Waals surface area contributed by atoms with Gasteiger partial charge in [-0.15, -0.1) is 11.5 Å². The molecular formula is C20H17N5O3. The molecule has 2 aromatic heterocycles. The zero-order valence-corrected chi connectivity index (χ0v) is 15.1. The minimum atomic E-state index is -0.284. The van der Waals surface area contributed by atoms with E-state index in [1.807, 2.05) is 30.3 Å². The van der Waals surface area contributed by atoms with Crippen LogP contribution < -0.4 is 15.4 Å². The fraction of sp³-hybridized carbons (Fsp3) is 0.150. The summed E-state index contributed by atoms with van der Waals surface area (Å²) in [5.41, 5.74) is 1.87. The Labute approximate surface area is 160 Å². The van der Waals surface area contributed by atoms with Crippen molar-refractivity contribution in [3.63, 3.8) is 0 Å². The smallest absolute Gasteiger partial charge is 0.246 e. The summed E-state index contributed by atoms with van der Waals surface area (Å²) in [6, 6.07) is 11.3. The first-order valence-electron chi connectivity index (χ1n) is 8.56. The lowest BCUT2D eigenvalue weighted by Gasteiger charge is -2.11. The standard InChI is InChI=1S/C20H17N5O3/c1-3-8-27-18-9-14-13-6-4-5-7-16(13)28-17(14)10-15(18)23-19(26)11-25-12-22-20(21-2)24-25/h1,4-7,9-10,12H,8,11H2,2H3,(H,21,24)(H,23,26). The molecule has 0 bridgehead atoms. The number of anilines is 2. The summed E-state index contributed by atoms with van der Waals surface area (Å²) in [6.45, 7) is 0.0835. The number of hydrogen-bond acceptors (Lipinski definition) is 6. The SMILES string of the molecule is C#CCOc1cc2c(cc1NC(=O)Cn1cnc(NC)n1)oc1ccccc12. The van der Waals surface area contributed by atoms with E-state index in [2.05, 4.69) is 26.6 Å². The number of nitrogens with zero attached hydrogens (tertiary/aromatic N) is 3. The summed E-state index contributed by atoms with van der Waals surface area (Å²) in [5.74, 6) is 3.06. The van der Waals surface area contributed by atoms with Crippen molar-refractivity contribution in [3.8, 4) is 18.1 Å². The molecule has 1 amide bonds. The van der Waals surface area contributed by atoms with Gasteiger partial charge in [0.25, 0.3) is 0 Å². The highest BCUT2D eigenvalue weighted by atomic mass is 16.5. The Kier molecular flexibility index (Phi) is 4.56. The van der Waals surface area contributed by atoms with Gasteiger partial charge < -0.3 is 19.8 Å². The van der Waals surface area contributed by atoms with E-state index in [1.54, 1.807) is 13.1 Å². The van der Waals surface area contributed by atoms with Crippen LogP contribution in [0, 0.1) is 12.3 Å². The number of carbonyl (C=O) groups is 1. The quantitative estimate of drug-likeness (QED) is 0.503. The first-order chi connectivity index (χ1) is 13.7. The van der Waals surface area contributed by atoms with Crippen LogP contribution >= 0.6 is 0 Å². The van der Waals surface area contributed by atoms with Crippen LogP contribution in [0.1, 0.15) is 0 Å². The summed E-state index contributed by atoms with van der Waals surface area (Å²) >= 11 is 0. The summed E-state index contributed by atoms with van der Waals surface area (Å²) in [6.07, 6.45) is 6.80. The van der Waals surface area contributed by atoms with Crippen LogP contribution in [0.3, 0.4) is 0 Å². The Morgan fingerprint density at radius 3 is 2.93 bits per heavy atom. The highest BCUT2D eigenvalue weighted by Gasteiger charge is 2.15. The lowest BCUT2D eigenvalue weighted by molar-refractivity contribution is -0.116. The van der Waals surface area contributed by atoms with Crippen molar-refractivity contribution in [3.05, 3.63) is 42.7 Å². The lowest BCUT2D eigenvalue weighted by Crippen LogP contribution is -2.19. The molecule has 28 heavy (non-hydrogen) atoms. The summed E-state index contributed by atoms with van der Waals surface area (Å²) < 4.78 is 13.0. The Morgan fingerprint density at radius 1 is 1.29 bits per heavy atom. The van der Waals surface area contributed by atoms with E-state index in [-0.39, 0.29) is 19.1 Å². The van der Waals surface area contributed by atoms with Gasteiger partial charge in [-0.3, -0.25) is 4.79 Å². The Morgan fingerprint density at radius 2 is 2.14 bits per heavy atom. The van der Waals surface area contributed by atoms with Gasteiger partial charge in [0, 0.05) is 23.9 Å². The Bertz CT molecular complexity index is 1200. The van der Waals surface area contributed by atoms with Crippen molar-refractivity contribution in [1.82, 2.24) is 14.8 Å². The third-order valence-electron chi connectivity index (χ3n) is 4.13. The summed E-state index contributed by atoms with van der Waals surface area (Å²) in [5, 5.41) is 11.6. The van der Waals surface area contributed by atoms with E-state index in [4.69, 9.17) is 15.6 Å². The zero-order valence-electron chi connectivity index (χ0n) is 15.1. The predicted octanol–water partition coefficient (Wildman–Crippen LogP) is 2.87. The van der Waals surface area contributed by atoms with Crippen LogP contribution in [0.4, 0.5) is 11.6 Å². The van der Waals surface area contributed by atoms with E-state index in [1.165, 1.54) is 11.0 Å². The number of carbonyl (C=O) groups excluding carboxylic acids is 1. The predicted molar refractivity (Wildman–Crippen MR) is 106 cm³/mol. The first-order valence-corrected chi connectivity index (χ1v) is 8.56. The van der Waals surface area contributed by atoms with Crippen LogP contribution in [0.15, 0.2) is 47.1 Å². The molecule has 2 N–H and O–H groups in total. The average Bonchev–Trinajstić information content (AvgIpc) is 3.29. The maximum Gasteiger partial charge on any atom is 0.246 e. The van der Waals surface area contributed by atoms with Gasteiger partial charge >= 0.3 is 0 Å². The second-order valence-corrected chi connectivity index (χ2v) is 6.00. The molecule has 4 rings (SSSR count). The van der Waals surface area contributed by atoms with Crippen molar-refractivity contribution in [2.75, 3.05) is 24.3 Å². The van der Waals surface area contributed by atoms with Crippen molar-refractivity contribution < 1.29 is 13.9 Å². The number of hydrogen-bond donors (Lipinski definition) is 2. The van der Waals surface area contributed by atoms with Crippen LogP contribution in [0.25, 0.3) is 21.9 Å². The number of terminal acetylenes is 1. The number of benzene rings is 2. The molecule has 0 radical (unpaired) electrons. The van der Waals surface area contributed by atoms with Gasteiger partial charge in [-0.2, -0.15) is 0 Å². The maximum atomic E-state index is 12.5. The minimum Gasteiger partial charge on any atom is -0.479 e. The minimum absolute atomic E-state index is 0.00142. The van der Waals surface area contributed by atoms with Gasteiger partial charge in [0.05, 0.1) is 5.69 Å². The molecule has 8 nitrogen and oxygen atoms in total. The fourth-order valence-electron chi connectivity index (χ4n) is 2.91. The van der Waals surface area contributed by atoms with Crippen molar-refractivity contribution in [1.29, 1.82) is 0 Å². The molecule has 0 fully saturated rings. The molecular weight excluding hydrogens is 358 g/mol. The molecule has 8 heteroatoms. The van der Waals surface area contributed by atoms with Crippen LogP contribution in [0.2, 0.25) is 0 Å². The van der Waals surface area contributed by atoms with Crippen LogP contribution in [-0.2, 0) is 11.3 Å². The van der Waals surface area contributed by atoms with Crippen LogP contribution in [0.5, 0.6) is 5.75 Å². The molecule has 140 valence electrons. The molecule has 0 saturated carbocycles. The molecule has 0 aliphatic carbocycles. The molecule has 0 spiro atoms. The molecule has 0 aliphatic rings. The molecule has 0 unspecified atom stereocenters. The topological polar surface area (TPSA) is 94.2 Å². The lowest BCUT2D eigenvalue weighted by atomic mass is 10.1. The van der Waals surface area contributed by atoms with Gasteiger partial charge in [0.15, 0.2) is 0 Å². The number of ether oxygens (including phenoxy) is 1. The highest BCUT2D eigenvalue weighted by Crippen LogP contribution is 2.36. The average molecular weight is 375 g/mol. The number of aromatic nitrogens is 3. The van der Waals surface area contributed by atoms with Gasteiger partial charge in [0.2, 0.25) is 11.9 Å². The second kappa shape index (κ2) is 7.32. The number of furan rings is 1. The maximum absolute atomic E-state index is 12.5. The van der Waals surface area contributed by atoms with Gasteiger partial charge in [-0.05, 0) is 12.1 Å². The third kappa shape index (κ3) is 3.33. The third-order valence-corrected chi connectivity index (χ3v) is 4.13. The second-order valence-electron chi connectivity index (χ2n) is 6.00. The van der Waals surface area contributed by atoms with E-state index in [0.717, 1.165) is 16.4 Å². The largest absolute Gasteiger partial charge is 0.479 e. The molecule has 4 aromatic rings. The Hall–Kier alpha value is -3.99. The summed E-state index contributed by atoms with van der Waals surface area (Å²) in [4.78, 5) is 16.5. The molecule has 0 saturated heterocycles. The number of nitrogens with one attached hydrogen (secondary N) is 2. The number of amides is 1. The first kappa shape index (κ1) is 17.4.